The lowest BCUT2D eigenvalue weighted by molar-refractivity contribution is -0.0793. The van der Waals surface area contributed by atoms with Crippen LogP contribution in [0.15, 0.2) is 18.2 Å². The molecule has 1 heterocycles. The van der Waals surface area contributed by atoms with E-state index in [0.717, 1.165) is 0 Å². The molecule has 0 radical (unpaired) electrons. The normalized spacial score (nSPS) is 15.1. The van der Waals surface area contributed by atoms with Crippen LogP contribution in [0.25, 0.3) is 0 Å². The summed E-state index contributed by atoms with van der Waals surface area (Å²) in [7, 11) is 0. The van der Waals surface area contributed by atoms with Crippen molar-refractivity contribution < 1.29 is 19.0 Å². The first-order chi connectivity index (χ1) is 8.20. The van der Waals surface area contributed by atoms with Crippen LogP contribution in [0.4, 0.5) is 5.69 Å². The highest BCUT2D eigenvalue weighted by Gasteiger charge is 2.21. The number of benzene rings is 1. The summed E-state index contributed by atoms with van der Waals surface area (Å²) in [6.45, 7) is 3.27. The number of hydrogen-bond donors (Lipinski definition) is 1. The summed E-state index contributed by atoms with van der Waals surface area (Å²) in [5.41, 5.74) is 6.67. The van der Waals surface area contributed by atoms with Crippen molar-refractivity contribution in [1.29, 1.82) is 0 Å². The Balaban J connectivity index is 2.07. The van der Waals surface area contributed by atoms with Gasteiger partial charge in [0.25, 0.3) is 0 Å². The number of nitrogens with two attached hydrogens (primary N) is 1. The number of anilines is 1. The molecule has 1 fully saturated rings. The Morgan fingerprint density at radius 2 is 2.29 bits per heavy atom. The van der Waals surface area contributed by atoms with Gasteiger partial charge in [-0.3, -0.25) is 0 Å². The average Bonchev–Trinajstić information content (AvgIpc) is 2.25. The van der Waals surface area contributed by atoms with E-state index >= 15 is 0 Å². The molecule has 2 rings (SSSR count). The number of carbonyl (C=O) groups is 1. The lowest BCUT2D eigenvalue weighted by Gasteiger charge is -2.27. The maximum absolute atomic E-state index is 11.5. The van der Waals surface area contributed by atoms with Crippen molar-refractivity contribution in [2.45, 2.75) is 13.0 Å². The molecular formula is C12H15NO4. The summed E-state index contributed by atoms with van der Waals surface area (Å²) in [6.07, 6.45) is 0.0609. The first-order valence-electron chi connectivity index (χ1n) is 5.51. The molecule has 2 N–H and O–H groups in total. The van der Waals surface area contributed by atoms with E-state index in [1.807, 2.05) is 0 Å². The van der Waals surface area contributed by atoms with Gasteiger partial charge < -0.3 is 19.9 Å². The molecule has 1 saturated heterocycles. The second-order valence-corrected chi connectivity index (χ2v) is 3.75. The molecule has 0 unspecified atom stereocenters. The zero-order chi connectivity index (χ0) is 12.3. The number of nitrogen functional groups attached to an aromatic ring is 1. The van der Waals surface area contributed by atoms with Gasteiger partial charge >= 0.3 is 5.97 Å². The van der Waals surface area contributed by atoms with E-state index in [1.165, 1.54) is 0 Å². The van der Waals surface area contributed by atoms with Crippen LogP contribution >= 0.6 is 0 Å². The van der Waals surface area contributed by atoms with Gasteiger partial charge in [-0.15, -0.1) is 0 Å². The van der Waals surface area contributed by atoms with E-state index in [9.17, 15) is 4.79 Å². The predicted octanol–water partition coefficient (Wildman–Crippen LogP) is 1.22. The molecule has 0 bridgehead atoms. The molecule has 0 atom stereocenters. The molecule has 5 nitrogen and oxygen atoms in total. The van der Waals surface area contributed by atoms with Crippen molar-refractivity contribution in [3.05, 3.63) is 23.8 Å². The maximum atomic E-state index is 11.5. The minimum Gasteiger partial charge on any atom is -0.483 e. The third-order valence-corrected chi connectivity index (χ3v) is 2.42. The highest BCUT2D eigenvalue weighted by atomic mass is 16.6. The number of ether oxygens (including phenoxy) is 3. The third-order valence-electron chi connectivity index (χ3n) is 2.42. The fraction of sp³-hybridized carbons (Fsp3) is 0.417. The molecule has 1 aliphatic rings. The smallest absolute Gasteiger partial charge is 0.338 e. The van der Waals surface area contributed by atoms with Crippen molar-refractivity contribution in [2.24, 2.45) is 0 Å². The van der Waals surface area contributed by atoms with Gasteiger partial charge in [0.1, 0.15) is 11.9 Å². The van der Waals surface area contributed by atoms with Gasteiger partial charge in [0.05, 0.1) is 31.1 Å². The molecule has 0 aromatic heterocycles. The van der Waals surface area contributed by atoms with Gasteiger partial charge in [0.2, 0.25) is 0 Å². The average molecular weight is 237 g/mol. The van der Waals surface area contributed by atoms with E-state index in [4.69, 9.17) is 19.9 Å². The summed E-state index contributed by atoms with van der Waals surface area (Å²) < 4.78 is 15.5. The molecule has 0 saturated carbocycles. The summed E-state index contributed by atoms with van der Waals surface area (Å²) >= 11 is 0. The monoisotopic (exact) mass is 237 g/mol. The molecule has 1 aromatic rings. The van der Waals surface area contributed by atoms with Crippen molar-refractivity contribution in [1.82, 2.24) is 0 Å². The van der Waals surface area contributed by atoms with E-state index in [-0.39, 0.29) is 12.1 Å². The zero-order valence-corrected chi connectivity index (χ0v) is 9.64. The van der Waals surface area contributed by atoms with E-state index in [1.54, 1.807) is 25.1 Å². The Kier molecular flexibility index (Phi) is 3.49. The molecular weight excluding hydrogens is 222 g/mol. The summed E-state index contributed by atoms with van der Waals surface area (Å²) in [5.74, 6) is 0.198. The van der Waals surface area contributed by atoms with Crippen LogP contribution in [-0.4, -0.2) is 31.9 Å². The lowest BCUT2D eigenvalue weighted by Crippen LogP contribution is -2.38. The van der Waals surface area contributed by atoms with E-state index in [2.05, 4.69) is 0 Å². The second kappa shape index (κ2) is 5.05. The number of hydrogen-bond acceptors (Lipinski definition) is 5. The van der Waals surface area contributed by atoms with Crippen LogP contribution in [-0.2, 0) is 9.47 Å². The summed E-state index contributed by atoms with van der Waals surface area (Å²) in [4.78, 5) is 11.5. The highest BCUT2D eigenvalue weighted by molar-refractivity contribution is 5.91. The van der Waals surface area contributed by atoms with Crippen molar-refractivity contribution in [3.63, 3.8) is 0 Å². The van der Waals surface area contributed by atoms with Gasteiger partial charge in [-0.05, 0) is 25.1 Å². The van der Waals surface area contributed by atoms with Crippen molar-refractivity contribution >= 4 is 11.7 Å². The number of rotatable bonds is 4. The molecule has 92 valence electrons. The Morgan fingerprint density at radius 3 is 2.82 bits per heavy atom. The van der Waals surface area contributed by atoms with Crippen molar-refractivity contribution in [3.8, 4) is 5.75 Å². The Bertz CT molecular complexity index is 415. The molecule has 1 aromatic carbocycles. The Labute approximate surface area is 99.5 Å². The van der Waals surface area contributed by atoms with Crippen LogP contribution in [0.2, 0.25) is 0 Å². The molecule has 1 aliphatic heterocycles. The lowest BCUT2D eigenvalue weighted by atomic mass is 10.2. The molecule has 0 spiro atoms. The second-order valence-electron chi connectivity index (χ2n) is 3.75. The van der Waals surface area contributed by atoms with Gasteiger partial charge in [-0.1, -0.05) is 0 Å². The van der Waals surface area contributed by atoms with Gasteiger partial charge in [-0.25, -0.2) is 4.79 Å². The zero-order valence-electron chi connectivity index (χ0n) is 9.64. The van der Waals surface area contributed by atoms with E-state index < -0.39 is 0 Å². The predicted molar refractivity (Wildman–Crippen MR) is 62.0 cm³/mol. The molecule has 0 amide bonds. The minimum absolute atomic E-state index is 0.0609. The fourth-order valence-corrected chi connectivity index (χ4v) is 1.46. The largest absolute Gasteiger partial charge is 0.483 e. The Hall–Kier alpha value is -1.75. The van der Waals surface area contributed by atoms with Crippen LogP contribution in [0, 0.1) is 0 Å². The molecule has 0 aliphatic carbocycles. The topological polar surface area (TPSA) is 70.8 Å². The first kappa shape index (κ1) is 11.7. The van der Waals surface area contributed by atoms with Gasteiger partial charge in [0, 0.05) is 0 Å². The summed E-state index contributed by atoms with van der Waals surface area (Å²) in [6, 6.07) is 4.88. The standard InChI is InChI=1S/C12H15NO4/c1-2-16-12(14)8-3-4-11(10(13)5-8)17-9-6-15-7-9/h3-5,9H,2,6-7,13H2,1H3. The molecule has 17 heavy (non-hydrogen) atoms. The minimum atomic E-state index is -0.377. The van der Waals surface area contributed by atoms with Gasteiger partial charge in [0.15, 0.2) is 0 Å². The SMILES string of the molecule is CCOC(=O)c1ccc(OC2COC2)c(N)c1. The molecule has 5 heteroatoms. The van der Waals surface area contributed by atoms with Crippen LogP contribution in [0.3, 0.4) is 0 Å². The van der Waals surface area contributed by atoms with Crippen molar-refractivity contribution in [2.75, 3.05) is 25.6 Å². The number of esters is 1. The summed E-state index contributed by atoms with van der Waals surface area (Å²) in [5, 5.41) is 0. The van der Waals surface area contributed by atoms with Gasteiger partial charge in [-0.2, -0.15) is 0 Å². The quantitative estimate of drug-likeness (QED) is 0.629. The Morgan fingerprint density at radius 1 is 1.53 bits per heavy atom. The highest BCUT2D eigenvalue weighted by Crippen LogP contribution is 2.25. The van der Waals surface area contributed by atoms with Crippen LogP contribution < -0.4 is 10.5 Å². The van der Waals surface area contributed by atoms with Crippen LogP contribution in [0.1, 0.15) is 17.3 Å². The number of carbonyl (C=O) groups excluding carboxylic acids is 1. The fourth-order valence-electron chi connectivity index (χ4n) is 1.46. The third kappa shape index (κ3) is 2.68. The first-order valence-corrected chi connectivity index (χ1v) is 5.51. The van der Waals surface area contributed by atoms with E-state index in [0.29, 0.717) is 36.8 Å². The maximum Gasteiger partial charge on any atom is 0.338 e. The van der Waals surface area contributed by atoms with Crippen LogP contribution in [0.5, 0.6) is 5.75 Å².